The Morgan fingerprint density at radius 1 is 1.00 bits per heavy atom. The summed E-state index contributed by atoms with van der Waals surface area (Å²) in [6.45, 7) is 3.03. The average molecular weight is 436 g/mol. The molecule has 1 saturated heterocycles. The second kappa shape index (κ2) is 8.09. The second-order valence-electron chi connectivity index (χ2n) is 7.50. The normalized spacial score (nSPS) is 16.8. The Bertz CT molecular complexity index is 1100. The number of carbonyl (C=O) groups excluding carboxylic acids is 3. The molecule has 5 rings (SSSR count). The van der Waals surface area contributed by atoms with Gasteiger partial charge in [-0.15, -0.1) is 11.3 Å². The van der Waals surface area contributed by atoms with E-state index in [4.69, 9.17) is 4.42 Å². The molecule has 31 heavy (non-hydrogen) atoms. The molecule has 4 heterocycles. The van der Waals surface area contributed by atoms with Gasteiger partial charge in [-0.3, -0.25) is 24.2 Å². The highest BCUT2D eigenvalue weighted by atomic mass is 32.1. The molecule has 0 spiro atoms. The molecule has 0 N–H and O–H groups in total. The number of furan rings is 1. The summed E-state index contributed by atoms with van der Waals surface area (Å²) in [5, 5.41) is 2.98. The lowest BCUT2D eigenvalue weighted by Gasteiger charge is -2.34. The Labute approximate surface area is 182 Å². The summed E-state index contributed by atoms with van der Waals surface area (Å²) in [5.41, 5.74) is 1.56. The minimum atomic E-state index is -0.399. The van der Waals surface area contributed by atoms with Crippen LogP contribution in [0.5, 0.6) is 0 Å². The van der Waals surface area contributed by atoms with Crippen LogP contribution in [0.25, 0.3) is 11.5 Å². The van der Waals surface area contributed by atoms with E-state index in [9.17, 15) is 14.4 Å². The summed E-state index contributed by atoms with van der Waals surface area (Å²) < 4.78 is 5.39. The van der Waals surface area contributed by atoms with Gasteiger partial charge in [0.15, 0.2) is 5.76 Å². The van der Waals surface area contributed by atoms with Gasteiger partial charge in [0.1, 0.15) is 17.2 Å². The minimum absolute atomic E-state index is 0.205. The van der Waals surface area contributed by atoms with Gasteiger partial charge >= 0.3 is 0 Å². The van der Waals surface area contributed by atoms with E-state index in [2.05, 4.69) is 9.88 Å². The molecule has 1 aromatic carbocycles. The first-order valence-corrected chi connectivity index (χ1v) is 10.9. The van der Waals surface area contributed by atoms with Crippen LogP contribution < -0.4 is 0 Å². The molecule has 2 aliphatic heterocycles. The Morgan fingerprint density at radius 3 is 2.35 bits per heavy atom. The Hall–Kier alpha value is -3.30. The molecule has 0 aliphatic carbocycles. The zero-order valence-corrected chi connectivity index (χ0v) is 17.5. The fourth-order valence-corrected chi connectivity index (χ4v) is 4.71. The van der Waals surface area contributed by atoms with Crippen LogP contribution in [0.4, 0.5) is 0 Å². The third kappa shape index (κ3) is 3.77. The van der Waals surface area contributed by atoms with Gasteiger partial charge in [0.25, 0.3) is 11.8 Å². The van der Waals surface area contributed by atoms with Gasteiger partial charge in [0.2, 0.25) is 5.91 Å². The Balaban J connectivity index is 1.15. The second-order valence-corrected chi connectivity index (χ2v) is 8.45. The van der Waals surface area contributed by atoms with E-state index in [0.29, 0.717) is 43.9 Å². The van der Waals surface area contributed by atoms with Gasteiger partial charge in [-0.2, -0.15) is 0 Å². The molecule has 9 heteroatoms. The first kappa shape index (κ1) is 19.7. The van der Waals surface area contributed by atoms with E-state index < -0.39 is 11.8 Å². The van der Waals surface area contributed by atoms with Crippen LogP contribution in [0.3, 0.4) is 0 Å². The first-order chi connectivity index (χ1) is 15.1. The van der Waals surface area contributed by atoms with Crippen LogP contribution in [0.15, 0.2) is 52.5 Å². The van der Waals surface area contributed by atoms with E-state index in [-0.39, 0.29) is 12.5 Å². The highest BCUT2D eigenvalue weighted by Crippen LogP contribution is 2.24. The third-order valence-corrected chi connectivity index (χ3v) is 6.41. The van der Waals surface area contributed by atoms with Gasteiger partial charge in [0, 0.05) is 31.6 Å². The van der Waals surface area contributed by atoms with Gasteiger partial charge in [-0.25, -0.2) is 4.98 Å². The number of imide groups is 1. The maximum atomic E-state index is 12.7. The molecule has 0 saturated carbocycles. The highest BCUT2D eigenvalue weighted by molar-refractivity contribution is 7.09. The van der Waals surface area contributed by atoms with Gasteiger partial charge < -0.3 is 9.32 Å². The molecule has 0 radical (unpaired) electrons. The molecular formula is C22H20N4O4S. The lowest BCUT2D eigenvalue weighted by Crippen LogP contribution is -2.51. The third-order valence-electron chi connectivity index (χ3n) is 5.58. The summed E-state index contributed by atoms with van der Waals surface area (Å²) >= 11 is 1.59. The molecule has 1 fully saturated rings. The minimum Gasteiger partial charge on any atom is -0.463 e. The molecule has 8 nitrogen and oxygen atoms in total. The number of aromatic nitrogens is 1. The standard InChI is InChI=1S/C22H20N4O4S/c27-20(13-26-21(28)15-4-1-2-5-16(15)22(26)29)25-9-7-24(8-10-25)12-19-23-17(14-31-19)18-6-3-11-30-18/h1-6,11,14H,7-10,12-13H2. The molecule has 158 valence electrons. The van der Waals surface area contributed by atoms with Crippen molar-refractivity contribution in [2.45, 2.75) is 6.54 Å². The number of piperazine rings is 1. The van der Waals surface area contributed by atoms with Crippen molar-refractivity contribution in [3.8, 4) is 11.5 Å². The van der Waals surface area contributed by atoms with E-state index in [1.54, 1.807) is 46.8 Å². The number of hydrogen-bond acceptors (Lipinski definition) is 7. The zero-order chi connectivity index (χ0) is 21.4. The molecular weight excluding hydrogens is 416 g/mol. The molecule has 3 amide bonds. The maximum Gasteiger partial charge on any atom is 0.262 e. The summed E-state index contributed by atoms with van der Waals surface area (Å²) in [4.78, 5) is 47.3. The van der Waals surface area contributed by atoms with Crippen molar-refractivity contribution in [1.82, 2.24) is 19.7 Å². The van der Waals surface area contributed by atoms with Crippen molar-refractivity contribution in [2.75, 3.05) is 32.7 Å². The van der Waals surface area contributed by atoms with Crippen LogP contribution in [0, 0.1) is 0 Å². The molecule has 3 aromatic rings. The van der Waals surface area contributed by atoms with Crippen molar-refractivity contribution in [3.05, 3.63) is 64.2 Å². The van der Waals surface area contributed by atoms with E-state index >= 15 is 0 Å². The summed E-state index contributed by atoms with van der Waals surface area (Å²) in [6.07, 6.45) is 1.63. The number of nitrogens with zero attached hydrogens (tertiary/aromatic N) is 4. The van der Waals surface area contributed by atoms with Crippen LogP contribution in [0.1, 0.15) is 25.7 Å². The van der Waals surface area contributed by atoms with Crippen molar-refractivity contribution in [2.24, 2.45) is 0 Å². The number of carbonyl (C=O) groups is 3. The van der Waals surface area contributed by atoms with Crippen LogP contribution in [-0.4, -0.2) is 70.1 Å². The van der Waals surface area contributed by atoms with E-state index in [0.717, 1.165) is 21.4 Å². The van der Waals surface area contributed by atoms with Crippen LogP contribution in [0.2, 0.25) is 0 Å². The Morgan fingerprint density at radius 2 is 1.71 bits per heavy atom. The Kier molecular flexibility index (Phi) is 5.13. The predicted octanol–water partition coefficient (Wildman–Crippen LogP) is 2.34. The molecule has 0 atom stereocenters. The van der Waals surface area contributed by atoms with Crippen molar-refractivity contribution in [1.29, 1.82) is 0 Å². The zero-order valence-electron chi connectivity index (χ0n) is 16.7. The number of benzene rings is 1. The van der Waals surface area contributed by atoms with Crippen molar-refractivity contribution in [3.63, 3.8) is 0 Å². The topological polar surface area (TPSA) is 87.0 Å². The summed E-state index contributed by atoms with van der Waals surface area (Å²) in [6, 6.07) is 10.4. The number of hydrogen-bond donors (Lipinski definition) is 0. The maximum absolute atomic E-state index is 12.7. The fraction of sp³-hybridized carbons (Fsp3) is 0.273. The van der Waals surface area contributed by atoms with E-state index in [1.807, 2.05) is 17.5 Å². The van der Waals surface area contributed by atoms with E-state index in [1.165, 1.54) is 0 Å². The summed E-state index contributed by atoms with van der Waals surface area (Å²) in [7, 11) is 0. The van der Waals surface area contributed by atoms with Crippen LogP contribution in [-0.2, 0) is 11.3 Å². The molecule has 0 unspecified atom stereocenters. The smallest absolute Gasteiger partial charge is 0.262 e. The number of rotatable bonds is 5. The quantitative estimate of drug-likeness (QED) is 0.571. The van der Waals surface area contributed by atoms with Crippen LogP contribution >= 0.6 is 11.3 Å². The van der Waals surface area contributed by atoms with Gasteiger partial charge in [-0.05, 0) is 24.3 Å². The lowest BCUT2D eigenvalue weighted by molar-refractivity contribution is -0.133. The highest BCUT2D eigenvalue weighted by Gasteiger charge is 2.37. The monoisotopic (exact) mass is 436 g/mol. The van der Waals surface area contributed by atoms with Crippen molar-refractivity contribution >= 4 is 29.1 Å². The largest absolute Gasteiger partial charge is 0.463 e. The average Bonchev–Trinajstić information content (AvgIpc) is 3.53. The fourth-order valence-electron chi connectivity index (χ4n) is 3.89. The van der Waals surface area contributed by atoms with Crippen molar-refractivity contribution < 1.29 is 18.8 Å². The molecule has 2 aromatic heterocycles. The molecule has 2 aliphatic rings. The lowest BCUT2D eigenvalue weighted by atomic mass is 10.1. The first-order valence-electron chi connectivity index (χ1n) is 10.0. The SMILES string of the molecule is O=C(CN1C(=O)c2ccccc2C1=O)N1CCN(Cc2nc(-c3ccco3)cs2)CC1. The predicted molar refractivity (Wildman–Crippen MR) is 113 cm³/mol. The summed E-state index contributed by atoms with van der Waals surface area (Å²) in [5.74, 6) is -0.248. The van der Waals surface area contributed by atoms with Gasteiger partial charge in [-0.1, -0.05) is 12.1 Å². The molecule has 0 bridgehead atoms. The number of amides is 3. The number of fused-ring (bicyclic) bond motifs is 1. The number of thiazole rings is 1. The van der Waals surface area contributed by atoms with Gasteiger partial charge in [0.05, 0.1) is 23.9 Å².